The molecular weight excluding hydrogens is 392 g/mol. The highest BCUT2D eigenvalue weighted by atomic mass is 16.5. The number of ether oxygens (including phenoxy) is 4. The van der Waals surface area contributed by atoms with E-state index in [0.717, 1.165) is 28.5 Å². The van der Waals surface area contributed by atoms with Gasteiger partial charge < -0.3 is 23.7 Å². The smallest absolute Gasteiger partial charge is 0.161 e. The maximum Gasteiger partial charge on any atom is 0.161 e. The number of carbonyl (C=O) groups excluding carboxylic acids is 1. The third kappa shape index (κ3) is 6.14. The molecule has 2 aromatic carbocycles. The second-order valence-corrected chi connectivity index (χ2v) is 6.08. The summed E-state index contributed by atoms with van der Waals surface area (Å²) in [7, 11) is 4.80. The zero-order valence-corrected chi connectivity index (χ0v) is 19.7. The van der Waals surface area contributed by atoms with Gasteiger partial charge in [-0.25, -0.2) is 0 Å². The monoisotopic (exact) mass is 426 g/mol. The summed E-state index contributed by atoms with van der Waals surface area (Å²) in [6.45, 7) is 12.2. The Morgan fingerprint density at radius 2 is 1.55 bits per heavy atom. The minimum absolute atomic E-state index is 0.446. The van der Waals surface area contributed by atoms with Gasteiger partial charge in [0.05, 0.1) is 26.9 Å². The van der Waals surface area contributed by atoms with E-state index in [1.54, 1.807) is 21.3 Å². The van der Waals surface area contributed by atoms with Crippen molar-refractivity contribution in [2.75, 3.05) is 21.3 Å². The number of benzene rings is 2. The van der Waals surface area contributed by atoms with Crippen LogP contribution < -0.4 is 18.9 Å². The Bertz CT molecular complexity index is 912. The molecular formula is C26H34O5. The van der Waals surface area contributed by atoms with Gasteiger partial charge >= 0.3 is 0 Å². The van der Waals surface area contributed by atoms with Crippen LogP contribution in [-0.2, 0) is 11.2 Å². The predicted molar refractivity (Wildman–Crippen MR) is 127 cm³/mol. The number of rotatable bonds is 7. The molecule has 0 unspecified atom stereocenters. The molecule has 0 aliphatic carbocycles. The van der Waals surface area contributed by atoms with Crippen molar-refractivity contribution in [3.05, 3.63) is 59.7 Å². The third-order valence-corrected chi connectivity index (χ3v) is 4.41. The quantitative estimate of drug-likeness (QED) is 0.483. The van der Waals surface area contributed by atoms with E-state index in [0.29, 0.717) is 41.6 Å². The van der Waals surface area contributed by atoms with Crippen molar-refractivity contribution in [2.45, 2.75) is 40.5 Å². The van der Waals surface area contributed by atoms with E-state index in [1.165, 1.54) is 0 Å². The third-order valence-electron chi connectivity index (χ3n) is 4.41. The van der Waals surface area contributed by atoms with Gasteiger partial charge in [-0.05, 0) is 54.0 Å². The normalized spacial score (nSPS) is 11.3. The van der Waals surface area contributed by atoms with E-state index < -0.39 is 0 Å². The summed E-state index contributed by atoms with van der Waals surface area (Å²) < 4.78 is 22.3. The molecule has 0 amide bonds. The highest BCUT2D eigenvalue weighted by Crippen LogP contribution is 2.43. The van der Waals surface area contributed by atoms with Gasteiger partial charge in [-0.3, -0.25) is 0 Å². The van der Waals surface area contributed by atoms with Gasteiger partial charge in [-0.2, -0.15) is 0 Å². The van der Waals surface area contributed by atoms with Crippen LogP contribution in [0.15, 0.2) is 43.0 Å². The van der Waals surface area contributed by atoms with Gasteiger partial charge in [0.15, 0.2) is 11.5 Å². The number of aldehydes is 1. The molecule has 0 N–H and O–H groups in total. The lowest BCUT2D eigenvalue weighted by Crippen LogP contribution is -2.06. The first-order chi connectivity index (χ1) is 15.1. The molecule has 0 atom stereocenters. The van der Waals surface area contributed by atoms with Crippen molar-refractivity contribution >= 4 is 17.6 Å². The molecule has 1 aliphatic rings. The summed E-state index contributed by atoms with van der Waals surface area (Å²) >= 11 is 0. The second-order valence-electron chi connectivity index (χ2n) is 6.08. The molecule has 0 fully saturated rings. The first kappa shape index (κ1) is 25.8. The van der Waals surface area contributed by atoms with Crippen molar-refractivity contribution in [1.29, 1.82) is 0 Å². The molecule has 0 aromatic heterocycles. The SMILES string of the molecule is C=C1C=C(c2ccc(OC)c(OC)c2)Oc2cc(CCC=O)cc(OC)c21.CC.CC. The van der Waals surface area contributed by atoms with Crippen molar-refractivity contribution in [1.82, 2.24) is 0 Å². The molecule has 31 heavy (non-hydrogen) atoms. The Labute approximate surface area is 186 Å². The second kappa shape index (κ2) is 13.2. The lowest BCUT2D eigenvalue weighted by atomic mass is 9.97. The standard InChI is InChI=1S/C22H22O5.2C2H6/c1-14-10-18(16-7-8-17(24-2)19(13-16)25-3)27-21-12-15(6-5-9-23)11-20(26-4)22(14)21;2*1-2/h7-13H,1,5-6H2,2-4H3;2*1-2H3. The largest absolute Gasteiger partial charge is 0.496 e. The van der Waals surface area contributed by atoms with Crippen molar-refractivity contribution in [2.24, 2.45) is 0 Å². The number of allylic oxidation sites excluding steroid dienone is 2. The molecule has 1 aliphatic heterocycles. The number of aryl methyl sites for hydroxylation is 1. The molecule has 5 heteroatoms. The summed E-state index contributed by atoms with van der Waals surface area (Å²) in [4.78, 5) is 10.7. The first-order valence-corrected chi connectivity index (χ1v) is 10.6. The summed E-state index contributed by atoms with van der Waals surface area (Å²) in [5.41, 5.74) is 3.42. The number of carbonyl (C=O) groups is 1. The molecule has 2 aromatic rings. The van der Waals surface area contributed by atoms with E-state index in [2.05, 4.69) is 6.58 Å². The summed E-state index contributed by atoms with van der Waals surface area (Å²) in [5, 5.41) is 0. The van der Waals surface area contributed by atoms with Crippen LogP contribution in [0.1, 0.15) is 50.8 Å². The zero-order valence-electron chi connectivity index (χ0n) is 19.7. The van der Waals surface area contributed by atoms with Gasteiger partial charge in [0.25, 0.3) is 0 Å². The maximum atomic E-state index is 10.7. The van der Waals surface area contributed by atoms with Gasteiger partial charge in [0.1, 0.15) is 23.5 Å². The Balaban J connectivity index is 0.00000113. The van der Waals surface area contributed by atoms with Crippen LogP contribution in [0.25, 0.3) is 11.3 Å². The van der Waals surface area contributed by atoms with Crippen LogP contribution in [0.2, 0.25) is 0 Å². The highest BCUT2D eigenvalue weighted by molar-refractivity contribution is 5.90. The average Bonchev–Trinajstić information content (AvgIpc) is 2.83. The van der Waals surface area contributed by atoms with Gasteiger partial charge in [-0.15, -0.1) is 0 Å². The Morgan fingerprint density at radius 1 is 0.903 bits per heavy atom. The molecule has 0 bridgehead atoms. The van der Waals surface area contributed by atoms with E-state index in [-0.39, 0.29) is 0 Å². The lowest BCUT2D eigenvalue weighted by Gasteiger charge is -2.23. The number of fused-ring (bicyclic) bond motifs is 1. The maximum absolute atomic E-state index is 10.7. The number of hydrogen-bond donors (Lipinski definition) is 0. The topological polar surface area (TPSA) is 54.0 Å². The zero-order chi connectivity index (χ0) is 23.4. The number of methoxy groups -OCH3 is 3. The summed E-state index contributed by atoms with van der Waals surface area (Å²) in [6, 6.07) is 9.44. The van der Waals surface area contributed by atoms with Crippen LogP contribution in [0.4, 0.5) is 0 Å². The molecule has 0 radical (unpaired) electrons. The Hall–Kier alpha value is -3.21. The van der Waals surface area contributed by atoms with Crippen LogP contribution in [0.3, 0.4) is 0 Å². The van der Waals surface area contributed by atoms with Crippen LogP contribution in [0.5, 0.6) is 23.0 Å². The van der Waals surface area contributed by atoms with Gasteiger partial charge in [0.2, 0.25) is 0 Å². The van der Waals surface area contributed by atoms with E-state index in [9.17, 15) is 4.79 Å². The van der Waals surface area contributed by atoms with Crippen molar-refractivity contribution < 1.29 is 23.7 Å². The van der Waals surface area contributed by atoms with Crippen LogP contribution in [0, 0.1) is 0 Å². The van der Waals surface area contributed by atoms with Crippen LogP contribution in [-0.4, -0.2) is 27.6 Å². The van der Waals surface area contributed by atoms with E-state index in [4.69, 9.17) is 18.9 Å². The highest BCUT2D eigenvalue weighted by Gasteiger charge is 2.22. The fourth-order valence-electron chi connectivity index (χ4n) is 3.08. The average molecular weight is 427 g/mol. The first-order valence-electron chi connectivity index (χ1n) is 10.6. The van der Waals surface area contributed by atoms with Gasteiger partial charge in [0, 0.05) is 12.0 Å². The molecule has 1 heterocycles. The minimum Gasteiger partial charge on any atom is -0.496 e. The lowest BCUT2D eigenvalue weighted by molar-refractivity contribution is -0.107. The summed E-state index contributed by atoms with van der Waals surface area (Å²) in [5.74, 6) is 3.26. The van der Waals surface area contributed by atoms with E-state index in [1.807, 2.05) is 64.1 Å². The molecule has 0 saturated carbocycles. The fourth-order valence-corrected chi connectivity index (χ4v) is 3.08. The van der Waals surface area contributed by atoms with Crippen molar-refractivity contribution in [3.63, 3.8) is 0 Å². The van der Waals surface area contributed by atoms with E-state index >= 15 is 0 Å². The molecule has 3 rings (SSSR count). The fraction of sp³-hybridized carbons (Fsp3) is 0.346. The Morgan fingerprint density at radius 3 is 2.13 bits per heavy atom. The van der Waals surface area contributed by atoms with Gasteiger partial charge in [-0.1, -0.05) is 34.3 Å². The Kier molecular flexibility index (Phi) is 11.0. The van der Waals surface area contributed by atoms with Crippen molar-refractivity contribution in [3.8, 4) is 23.0 Å². The molecule has 5 nitrogen and oxygen atoms in total. The summed E-state index contributed by atoms with van der Waals surface area (Å²) in [6.07, 6.45) is 3.84. The van der Waals surface area contributed by atoms with Crippen LogP contribution >= 0.6 is 0 Å². The minimum atomic E-state index is 0.446. The predicted octanol–water partition coefficient (Wildman–Crippen LogP) is 6.34. The molecule has 168 valence electrons. The number of hydrogen-bond acceptors (Lipinski definition) is 5. The molecule has 0 spiro atoms. The molecule has 0 saturated heterocycles.